The number of aromatic hydroxyl groups is 2. The van der Waals surface area contributed by atoms with Crippen molar-refractivity contribution in [3.05, 3.63) is 86.9 Å². The number of ketones is 2. The van der Waals surface area contributed by atoms with E-state index in [1.165, 1.54) is 12.1 Å². The van der Waals surface area contributed by atoms with Crippen molar-refractivity contribution in [3.8, 4) is 11.5 Å². The zero-order chi connectivity index (χ0) is 32.2. The molecule has 0 saturated carbocycles. The third-order valence-electron chi connectivity index (χ3n) is 8.48. The minimum absolute atomic E-state index is 0.0157. The van der Waals surface area contributed by atoms with Crippen molar-refractivity contribution >= 4 is 34.9 Å². The van der Waals surface area contributed by atoms with Crippen molar-refractivity contribution in [3.63, 3.8) is 0 Å². The van der Waals surface area contributed by atoms with Crippen LogP contribution in [0.5, 0.6) is 11.5 Å². The number of carbonyl (C=O) groups excluding carboxylic acids is 3. The number of hydrogen-bond donors (Lipinski definition) is 6. The Morgan fingerprint density at radius 2 is 1.69 bits per heavy atom. The number of phenols is 2. The second-order valence-corrected chi connectivity index (χ2v) is 12.1. The van der Waals surface area contributed by atoms with E-state index >= 15 is 0 Å². The van der Waals surface area contributed by atoms with Gasteiger partial charge >= 0.3 is 6.09 Å². The Morgan fingerprint density at radius 3 is 2.31 bits per heavy atom. The lowest BCUT2D eigenvalue weighted by Gasteiger charge is -2.42. The van der Waals surface area contributed by atoms with Gasteiger partial charge in [0.1, 0.15) is 23.7 Å². The standard InChI is InChI=1S/C32H31ClN2O10/c1-14-26(36)20(34)10-22(44-14)45-21-12-32(42,13-43-31(41)35-16-8-6-15(33)7-9-16)11-19-23(21)30(40)25-24(29(19)39)27(37)17-4-2-3-5-18(17)28(25)38/h2-9,14,20-22,26,36,39-40,42H,10-13,34H2,1H3,(H,35,41)/t14?,20?,21-,22?,26?,32-/m0/s1. The number of nitrogens with one attached hydrogen (secondary N) is 1. The largest absolute Gasteiger partial charge is 0.507 e. The van der Waals surface area contributed by atoms with Crippen LogP contribution in [0.2, 0.25) is 5.02 Å². The topological polar surface area (TPSA) is 198 Å². The molecule has 2 aliphatic carbocycles. The minimum atomic E-state index is -1.87. The monoisotopic (exact) mass is 638 g/mol. The molecule has 0 radical (unpaired) electrons. The number of ether oxygens (including phenoxy) is 3. The van der Waals surface area contributed by atoms with Crippen molar-refractivity contribution in [2.45, 2.75) is 62.4 Å². The van der Waals surface area contributed by atoms with Gasteiger partial charge in [-0.1, -0.05) is 35.9 Å². The van der Waals surface area contributed by atoms with Gasteiger partial charge in [0.05, 0.1) is 29.4 Å². The predicted octanol–water partition coefficient (Wildman–Crippen LogP) is 3.33. The molecule has 0 spiro atoms. The number of phenolic OH excluding ortho intramolecular Hbond substituents is 2. The number of hydrogen-bond acceptors (Lipinski definition) is 11. The highest BCUT2D eigenvalue weighted by atomic mass is 35.5. The number of aliphatic hydroxyl groups is 2. The molecule has 3 aromatic carbocycles. The predicted molar refractivity (Wildman–Crippen MR) is 160 cm³/mol. The van der Waals surface area contributed by atoms with Gasteiger partial charge in [-0.15, -0.1) is 0 Å². The highest BCUT2D eigenvalue weighted by molar-refractivity contribution is 6.31. The molecule has 7 N–H and O–H groups in total. The van der Waals surface area contributed by atoms with Gasteiger partial charge in [0.25, 0.3) is 0 Å². The number of halogens is 1. The maximum Gasteiger partial charge on any atom is 0.411 e. The van der Waals surface area contributed by atoms with Crippen LogP contribution in [-0.4, -0.2) is 74.8 Å². The van der Waals surface area contributed by atoms with E-state index in [-0.39, 0.29) is 47.1 Å². The van der Waals surface area contributed by atoms with Crippen molar-refractivity contribution in [1.82, 2.24) is 0 Å². The normalized spacial score (nSPS) is 27.3. The van der Waals surface area contributed by atoms with Crippen LogP contribution in [0.15, 0.2) is 48.5 Å². The Balaban J connectivity index is 1.36. The summed E-state index contributed by atoms with van der Waals surface area (Å²) in [5.74, 6) is -2.52. The van der Waals surface area contributed by atoms with Crippen LogP contribution in [0.4, 0.5) is 10.5 Å². The fourth-order valence-corrected chi connectivity index (χ4v) is 6.35. The number of nitrogens with two attached hydrogens (primary N) is 1. The Bertz CT molecular complexity index is 1680. The number of aliphatic hydroxyl groups excluding tert-OH is 1. The molecule has 13 heteroatoms. The molecule has 45 heavy (non-hydrogen) atoms. The van der Waals surface area contributed by atoms with Gasteiger partial charge in [0, 0.05) is 58.3 Å². The molecule has 1 fully saturated rings. The Morgan fingerprint density at radius 1 is 1.07 bits per heavy atom. The second kappa shape index (κ2) is 11.7. The van der Waals surface area contributed by atoms with Crippen molar-refractivity contribution in [2.75, 3.05) is 11.9 Å². The van der Waals surface area contributed by atoms with Crippen LogP contribution < -0.4 is 11.1 Å². The molecule has 3 aromatic rings. The van der Waals surface area contributed by atoms with E-state index in [0.717, 1.165) is 0 Å². The zero-order valence-electron chi connectivity index (χ0n) is 24.0. The Kier molecular flexibility index (Phi) is 8.06. The molecule has 1 saturated heterocycles. The van der Waals surface area contributed by atoms with Gasteiger partial charge in [-0.3, -0.25) is 14.9 Å². The average Bonchev–Trinajstić information content (AvgIpc) is 3.00. The van der Waals surface area contributed by atoms with E-state index in [0.29, 0.717) is 10.7 Å². The fourth-order valence-electron chi connectivity index (χ4n) is 6.23. The molecular formula is C32H31ClN2O10. The lowest BCUT2D eigenvalue weighted by molar-refractivity contribution is -0.248. The first-order chi connectivity index (χ1) is 21.4. The number of rotatable bonds is 5. The average molecular weight is 639 g/mol. The van der Waals surface area contributed by atoms with E-state index < -0.39 is 77.6 Å². The molecule has 6 rings (SSSR count). The Labute approximate surface area is 262 Å². The van der Waals surface area contributed by atoms with E-state index in [1.807, 2.05) is 0 Å². The van der Waals surface area contributed by atoms with Crippen molar-refractivity contribution in [1.29, 1.82) is 0 Å². The van der Waals surface area contributed by atoms with Crippen molar-refractivity contribution < 1.29 is 49.0 Å². The molecule has 236 valence electrons. The molecule has 12 nitrogen and oxygen atoms in total. The maximum absolute atomic E-state index is 13.6. The summed E-state index contributed by atoms with van der Waals surface area (Å²) < 4.78 is 17.3. The van der Waals surface area contributed by atoms with E-state index in [2.05, 4.69) is 5.32 Å². The summed E-state index contributed by atoms with van der Waals surface area (Å²) in [6.45, 7) is 1.04. The number of fused-ring (bicyclic) bond motifs is 3. The highest BCUT2D eigenvalue weighted by Gasteiger charge is 2.48. The quantitative estimate of drug-likeness (QED) is 0.175. The van der Waals surface area contributed by atoms with Gasteiger partial charge in [0.2, 0.25) is 0 Å². The first-order valence-electron chi connectivity index (χ1n) is 14.3. The third kappa shape index (κ3) is 5.65. The molecule has 0 aromatic heterocycles. The number of benzene rings is 3. The first-order valence-corrected chi connectivity index (χ1v) is 14.7. The molecule has 1 amide bonds. The fraction of sp³-hybridized carbons (Fsp3) is 0.344. The first kappa shape index (κ1) is 31.0. The van der Waals surface area contributed by atoms with E-state index in [9.17, 15) is 34.8 Å². The van der Waals surface area contributed by atoms with Crippen molar-refractivity contribution in [2.24, 2.45) is 5.73 Å². The number of amides is 1. The molecule has 4 unspecified atom stereocenters. The third-order valence-corrected chi connectivity index (χ3v) is 8.73. The van der Waals surface area contributed by atoms with Crippen LogP contribution in [-0.2, 0) is 20.6 Å². The van der Waals surface area contributed by atoms with Gasteiger partial charge < -0.3 is 40.4 Å². The van der Waals surface area contributed by atoms with Gasteiger partial charge in [-0.2, -0.15) is 0 Å². The van der Waals surface area contributed by atoms with Crippen LogP contribution in [0, 0.1) is 0 Å². The molecular weight excluding hydrogens is 608 g/mol. The minimum Gasteiger partial charge on any atom is -0.507 e. The molecule has 1 aliphatic heterocycles. The second-order valence-electron chi connectivity index (χ2n) is 11.6. The van der Waals surface area contributed by atoms with Gasteiger partial charge in [-0.05, 0) is 31.2 Å². The number of carbonyl (C=O) groups is 3. The smallest absolute Gasteiger partial charge is 0.411 e. The lowest BCUT2D eigenvalue weighted by atomic mass is 9.73. The zero-order valence-corrected chi connectivity index (χ0v) is 24.8. The molecule has 6 atom stereocenters. The maximum atomic E-state index is 13.6. The summed E-state index contributed by atoms with van der Waals surface area (Å²) in [4.78, 5) is 39.7. The summed E-state index contributed by atoms with van der Waals surface area (Å²) in [5.41, 5.74) is 3.90. The van der Waals surface area contributed by atoms with Crippen LogP contribution in [0.3, 0.4) is 0 Å². The summed E-state index contributed by atoms with van der Waals surface area (Å²) in [7, 11) is 0. The molecule has 1 heterocycles. The van der Waals surface area contributed by atoms with Crippen LogP contribution in [0.1, 0.15) is 68.8 Å². The SMILES string of the molecule is CC1OC(O[C@H]2C[C@](O)(COC(=O)Nc3ccc(Cl)cc3)Cc3c(O)c4c(c(O)c32)C(=O)c2ccccc2C4=O)CC(N)C1O. The Hall–Kier alpha value is -4.04. The van der Waals surface area contributed by atoms with Crippen LogP contribution >= 0.6 is 11.6 Å². The summed E-state index contributed by atoms with van der Waals surface area (Å²) >= 11 is 5.89. The highest BCUT2D eigenvalue weighted by Crippen LogP contribution is 2.52. The van der Waals surface area contributed by atoms with Gasteiger partial charge in [0.15, 0.2) is 17.9 Å². The molecule has 0 bridgehead atoms. The summed E-state index contributed by atoms with van der Waals surface area (Å²) in [5, 5.41) is 48.1. The van der Waals surface area contributed by atoms with Crippen LogP contribution in [0.25, 0.3) is 0 Å². The lowest BCUT2D eigenvalue weighted by Crippen LogP contribution is -2.52. The van der Waals surface area contributed by atoms with E-state index in [1.54, 1.807) is 43.3 Å². The summed E-state index contributed by atoms with van der Waals surface area (Å²) in [6, 6.07) is 11.6. The number of anilines is 1. The summed E-state index contributed by atoms with van der Waals surface area (Å²) in [6.07, 6.45) is -5.37. The molecule has 3 aliphatic rings. The van der Waals surface area contributed by atoms with Gasteiger partial charge in [-0.25, -0.2) is 4.79 Å². The van der Waals surface area contributed by atoms with E-state index in [4.69, 9.17) is 31.5 Å².